The fraction of sp³-hybridized carbons (Fsp3) is 0.667. The van der Waals surface area contributed by atoms with E-state index in [1.165, 1.54) is 0 Å². The van der Waals surface area contributed by atoms with Gasteiger partial charge in [0.25, 0.3) is 0 Å². The van der Waals surface area contributed by atoms with E-state index in [1.807, 2.05) is 5.38 Å². The van der Waals surface area contributed by atoms with Gasteiger partial charge in [-0.15, -0.1) is 23.1 Å². The van der Waals surface area contributed by atoms with E-state index in [9.17, 15) is 9.90 Å². The third kappa shape index (κ3) is 3.70. The van der Waals surface area contributed by atoms with Crippen LogP contribution in [0.15, 0.2) is 10.9 Å². The summed E-state index contributed by atoms with van der Waals surface area (Å²) in [6, 6.07) is 0. The summed E-state index contributed by atoms with van der Waals surface area (Å²) < 4.78 is 0. The van der Waals surface area contributed by atoms with Crippen molar-refractivity contribution >= 4 is 29.0 Å². The molecule has 1 aliphatic rings. The van der Waals surface area contributed by atoms with Gasteiger partial charge in [-0.1, -0.05) is 12.8 Å². The van der Waals surface area contributed by atoms with Crippen LogP contribution in [0.3, 0.4) is 0 Å². The summed E-state index contributed by atoms with van der Waals surface area (Å²) in [4.78, 5) is 16.0. The summed E-state index contributed by atoms with van der Waals surface area (Å²) in [6.45, 7) is 0.0511. The molecular weight excluding hydrogens is 268 g/mol. The average Bonchev–Trinajstić information content (AvgIpc) is 3.01. The Morgan fingerprint density at radius 2 is 2.33 bits per heavy atom. The minimum absolute atomic E-state index is 0.0196. The van der Waals surface area contributed by atoms with Gasteiger partial charge in [0.1, 0.15) is 0 Å². The van der Waals surface area contributed by atoms with Gasteiger partial charge in [-0.3, -0.25) is 4.79 Å². The summed E-state index contributed by atoms with van der Waals surface area (Å²) in [6.07, 6.45) is 3.97. The van der Waals surface area contributed by atoms with Crippen molar-refractivity contribution in [3.63, 3.8) is 0 Å². The molecule has 1 amide bonds. The first-order chi connectivity index (χ1) is 8.74. The Balaban J connectivity index is 1.71. The summed E-state index contributed by atoms with van der Waals surface area (Å²) in [5.74, 6) is 1.22. The zero-order chi connectivity index (χ0) is 12.8. The summed E-state index contributed by atoms with van der Waals surface area (Å²) >= 11 is 3.13. The van der Waals surface area contributed by atoms with Gasteiger partial charge in [-0.25, -0.2) is 4.98 Å². The Bertz CT molecular complexity index is 375. The molecule has 0 unspecified atom stereocenters. The maximum atomic E-state index is 11.8. The second kappa shape index (κ2) is 6.54. The molecule has 1 heterocycles. The lowest BCUT2D eigenvalue weighted by molar-refractivity contribution is -0.121. The van der Waals surface area contributed by atoms with Crippen LogP contribution in [-0.2, 0) is 10.5 Å². The van der Waals surface area contributed by atoms with Crippen LogP contribution in [0.25, 0.3) is 0 Å². The molecule has 1 aromatic heterocycles. The molecule has 18 heavy (non-hydrogen) atoms. The summed E-state index contributed by atoms with van der Waals surface area (Å²) in [5, 5.41) is 14.4. The number of aliphatic hydroxyl groups excluding tert-OH is 1. The molecule has 100 valence electrons. The zero-order valence-corrected chi connectivity index (χ0v) is 11.9. The summed E-state index contributed by atoms with van der Waals surface area (Å²) in [5.41, 5.74) is 2.48. The van der Waals surface area contributed by atoms with Crippen LogP contribution < -0.4 is 5.32 Å². The predicted octanol–water partition coefficient (Wildman–Crippen LogP) is 1.80. The highest BCUT2D eigenvalue weighted by molar-refractivity contribution is 7.99. The minimum Gasteiger partial charge on any atom is -0.394 e. The topological polar surface area (TPSA) is 62.2 Å². The molecule has 1 saturated carbocycles. The standard InChI is InChI=1S/C12H18N2O2S2/c15-8-12(3-1-2-4-12)14-11(16)7-17-5-10-6-18-9-13-10/h6,9,15H,1-5,7-8H2,(H,14,16). The lowest BCUT2D eigenvalue weighted by Crippen LogP contribution is -2.49. The molecule has 6 heteroatoms. The largest absolute Gasteiger partial charge is 0.394 e. The fourth-order valence-corrected chi connectivity index (χ4v) is 3.65. The van der Waals surface area contributed by atoms with Crippen molar-refractivity contribution in [2.24, 2.45) is 0 Å². The molecule has 0 spiro atoms. The molecule has 0 saturated heterocycles. The van der Waals surface area contributed by atoms with Crippen LogP contribution in [0, 0.1) is 0 Å². The van der Waals surface area contributed by atoms with Gasteiger partial charge >= 0.3 is 0 Å². The van der Waals surface area contributed by atoms with Crippen molar-refractivity contribution < 1.29 is 9.90 Å². The molecule has 1 fully saturated rings. The number of nitrogens with zero attached hydrogens (tertiary/aromatic N) is 1. The third-order valence-corrected chi connectivity index (χ3v) is 4.84. The fourth-order valence-electron chi connectivity index (χ4n) is 2.26. The van der Waals surface area contributed by atoms with E-state index in [-0.39, 0.29) is 18.1 Å². The van der Waals surface area contributed by atoms with Crippen molar-refractivity contribution in [3.05, 3.63) is 16.6 Å². The number of hydrogen-bond acceptors (Lipinski definition) is 5. The molecule has 2 N–H and O–H groups in total. The van der Waals surface area contributed by atoms with Gasteiger partial charge in [0.05, 0.1) is 29.1 Å². The van der Waals surface area contributed by atoms with Crippen LogP contribution in [-0.4, -0.2) is 33.9 Å². The first-order valence-electron chi connectivity index (χ1n) is 6.11. The number of hydrogen-bond donors (Lipinski definition) is 2. The maximum absolute atomic E-state index is 11.8. The highest BCUT2D eigenvalue weighted by Gasteiger charge is 2.34. The first kappa shape index (κ1) is 13.8. The molecule has 0 aromatic carbocycles. The number of rotatable bonds is 6. The molecule has 0 bridgehead atoms. The Kier molecular flexibility index (Phi) is 5.03. The monoisotopic (exact) mass is 286 g/mol. The van der Waals surface area contributed by atoms with Gasteiger partial charge in [0, 0.05) is 11.1 Å². The van der Waals surface area contributed by atoms with Crippen LogP contribution in [0.5, 0.6) is 0 Å². The lowest BCUT2D eigenvalue weighted by Gasteiger charge is -2.27. The number of carbonyl (C=O) groups excluding carboxylic acids is 1. The molecular formula is C12H18N2O2S2. The highest BCUT2D eigenvalue weighted by atomic mass is 32.2. The van der Waals surface area contributed by atoms with Crippen molar-refractivity contribution in [2.75, 3.05) is 12.4 Å². The normalized spacial score (nSPS) is 17.8. The Morgan fingerprint density at radius 3 is 2.94 bits per heavy atom. The number of amides is 1. The average molecular weight is 286 g/mol. The first-order valence-corrected chi connectivity index (χ1v) is 8.20. The van der Waals surface area contributed by atoms with Gasteiger partial charge in [-0.05, 0) is 12.8 Å². The van der Waals surface area contributed by atoms with Crippen molar-refractivity contribution in [1.82, 2.24) is 10.3 Å². The zero-order valence-electron chi connectivity index (χ0n) is 10.2. The molecule has 0 atom stereocenters. The predicted molar refractivity (Wildman–Crippen MR) is 74.7 cm³/mol. The number of thioether (sulfide) groups is 1. The number of nitrogens with one attached hydrogen (secondary N) is 1. The molecule has 2 rings (SSSR count). The van der Waals surface area contributed by atoms with Crippen molar-refractivity contribution in [2.45, 2.75) is 37.0 Å². The highest BCUT2D eigenvalue weighted by Crippen LogP contribution is 2.29. The quantitative estimate of drug-likeness (QED) is 0.837. The number of thiazole rings is 1. The molecule has 1 aliphatic carbocycles. The Labute approximate surface area is 115 Å². The van der Waals surface area contributed by atoms with Gasteiger partial charge in [-0.2, -0.15) is 0 Å². The van der Waals surface area contributed by atoms with Crippen LogP contribution >= 0.6 is 23.1 Å². The second-order valence-corrected chi connectivity index (χ2v) is 6.37. The van der Waals surface area contributed by atoms with E-state index in [2.05, 4.69) is 10.3 Å². The second-order valence-electron chi connectivity index (χ2n) is 4.67. The smallest absolute Gasteiger partial charge is 0.230 e. The molecule has 0 aliphatic heterocycles. The lowest BCUT2D eigenvalue weighted by atomic mass is 9.99. The van der Waals surface area contributed by atoms with Crippen LogP contribution in [0.4, 0.5) is 0 Å². The Morgan fingerprint density at radius 1 is 1.56 bits per heavy atom. The van der Waals surface area contributed by atoms with E-state index in [0.29, 0.717) is 5.75 Å². The van der Waals surface area contributed by atoms with Crippen LogP contribution in [0.2, 0.25) is 0 Å². The maximum Gasteiger partial charge on any atom is 0.230 e. The summed E-state index contributed by atoms with van der Waals surface area (Å²) in [7, 11) is 0. The van der Waals surface area contributed by atoms with Crippen molar-refractivity contribution in [1.29, 1.82) is 0 Å². The molecule has 4 nitrogen and oxygen atoms in total. The van der Waals surface area contributed by atoms with E-state index in [1.54, 1.807) is 28.6 Å². The van der Waals surface area contributed by atoms with Crippen molar-refractivity contribution in [3.8, 4) is 0 Å². The van der Waals surface area contributed by atoms with E-state index >= 15 is 0 Å². The van der Waals surface area contributed by atoms with Crippen LogP contribution in [0.1, 0.15) is 31.4 Å². The van der Waals surface area contributed by atoms with Gasteiger partial charge in [0.15, 0.2) is 0 Å². The van der Waals surface area contributed by atoms with E-state index in [0.717, 1.165) is 37.1 Å². The number of aliphatic hydroxyl groups is 1. The van der Waals surface area contributed by atoms with E-state index in [4.69, 9.17) is 0 Å². The number of aromatic nitrogens is 1. The molecule has 1 aromatic rings. The SMILES string of the molecule is O=C(CSCc1cscn1)NC1(CO)CCCC1. The third-order valence-electron chi connectivity index (χ3n) is 3.23. The van der Waals surface area contributed by atoms with Gasteiger partial charge in [0.2, 0.25) is 5.91 Å². The van der Waals surface area contributed by atoms with Gasteiger partial charge < -0.3 is 10.4 Å². The van der Waals surface area contributed by atoms with E-state index < -0.39 is 0 Å². The Hall–Kier alpha value is -0.590. The molecule has 0 radical (unpaired) electrons. The number of carbonyl (C=O) groups is 1. The minimum atomic E-state index is -0.349.